The maximum atomic E-state index is 11.7. The van der Waals surface area contributed by atoms with Gasteiger partial charge in [0.25, 0.3) is 5.91 Å². The second kappa shape index (κ2) is 6.45. The number of halogens is 1. The highest BCUT2D eigenvalue weighted by Crippen LogP contribution is 2.08. The van der Waals surface area contributed by atoms with E-state index in [0.29, 0.717) is 17.1 Å². The summed E-state index contributed by atoms with van der Waals surface area (Å²) >= 11 is 5.76. The third-order valence-electron chi connectivity index (χ3n) is 2.13. The van der Waals surface area contributed by atoms with Gasteiger partial charge in [0, 0.05) is 23.9 Å². The van der Waals surface area contributed by atoms with Crippen LogP contribution in [-0.4, -0.2) is 28.6 Å². The standard InChI is InChI=1S/C11H15ClN2O2/c1-8(3-2-6-15)14-11(16)10-7-9(12)4-5-13-10/h4-5,7-8,15H,2-3,6H2,1H3,(H,14,16). The van der Waals surface area contributed by atoms with Crippen LogP contribution in [-0.2, 0) is 0 Å². The van der Waals surface area contributed by atoms with Crippen LogP contribution in [0.15, 0.2) is 18.3 Å². The van der Waals surface area contributed by atoms with E-state index in [2.05, 4.69) is 10.3 Å². The lowest BCUT2D eigenvalue weighted by Crippen LogP contribution is -2.33. The Labute approximate surface area is 99.6 Å². The smallest absolute Gasteiger partial charge is 0.270 e. The van der Waals surface area contributed by atoms with Crippen molar-refractivity contribution in [1.29, 1.82) is 0 Å². The van der Waals surface area contributed by atoms with Crippen molar-refractivity contribution in [3.05, 3.63) is 29.0 Å². The van der Waals surface area contributed by atoms with Gasteiger partial charge in [-0.1, -0.05) is 11.6 Å². The van der Waals surface area contributed by atoms with Crippen molar-refractivity contribution in [2.24, 2.45) is 0 Å². The first-order valence-corrected chi connectivity index (χ1v) is 5.54. The van der Waals surface area contributed by atoms with Crippen LogP contribution in [0.3, 0.4) is 0 Å². The fourth-order valence-electron chi connectivity index (χ4n) is 1.30. The average Bonchev–Trinajstić information content (AvgIpc) is 2.26. The van der Waals surface area contributed by atoms with Gasteiger partial charge in [0.05, 0.1) is 0 Å². The molecule has 16 heavy (non-hydrogen) atoms. The van der Waals surface area contributed by atoms with E-state index in [1.807, 2.05) is 6.92 Å². The second-order valence-electron chi connectivity index (χ2n) is 3.60. The van der Waals surface area contributed by atoms with E-state index < -0.39 is 0 Å². The Kier molecular flexibility index (Phi) is 5.22. The molecule has 0 aliphatic carbocycles. The van der Waals surface area contributed by atoms with E-state index in [9.17, 15) is 4.79 Å². The highest BCUT2D eigenvalue weighted by molar-refractivity contribution is 6.30. The van der Waals surface area contributed by atoms with E-state index in [1.165, 1.54) is 12.3 Å². The Morgan fingerprint density at radius 1 is 1.69 bits per heavy atom. The van der Waals surface area contributed by atoms with Gasteiger partial charge in [0.2, 0.25) is 0 Å². The largest absolute Gasteiger partial charge is 0.396 e. The van der Waals surface area contributed by atoms with Crippen LogP contribution in [0.5, 0.6) is 0 Å². The molecule has 2 N–H and O–H groups in total. The van der Waals surface area contributed by atoms with Crippen molar-refractivity contribution in [2.45, 2.75) is 25.8 Å². The number of nitrogens with one attached hydrogen (secondary N) is 1. The van der Waals surface area contributed by atoms with Crippen LogP contribution < -0.4 is 5.32 Å². The summed E-state index contributed by atoms with van der Waals surface area (Å²) in [5.41, 5.74) is 0.309. The molecule has 0 bridgehead atoms. The third kappa shape index (κ3) is 4.16. The molecule has 0 aliphatic heterocycles. The number of aliphatic hydroxyl groups is 1. The van der Waals surface area contributed by atoms with Gasteiger partial charge in [0.1, 0.15) is 5.69 Å². The molecule has 4 nitrogen and oxygen atoms in total. The van der Waals surface area contributed by atoms with Crippen molar-refractivity contribution >= 4 is 17.5 Å². The number of carbonyl (C=O) groups excluding carboxylic acids is 1. The molecule has 0 saturated carbocycles. The molecule has 1 rings (SSSR count). The average molecular weight is 243 g/mol. The molecule has 1 aromatic heterocycles. The molecule has 0 aliphatic rings. The highest BCUT2D eigenvalue weighted by atomic mass is 35.5. The number of aromatic nitrogens is 1. The number of nitrogens with zero attached hydrogens (tertiary/aromatic N) is 1. The molecule has 1 unspecified atom stereocenters. The first kappa shape index (κ1) is 12.9. The topological polar surface area (TPSA) is 62.2 Å². The monoisotopic (exact) mass is 242 g/mol. The van der Waals surface area contributed by atoms with Crippen molar-refractivity contribution in [3.63, 3.8) is 0 Å². The van der Waals surface area contributed by atoms with Crippen LogP contribution in [0.25, 0.3) is 0 Å². The van der Waals surface area contributed by atoms with Crippen LogP contribution in [0.1, 0.15) is 30.3 Å². The zero-order chi connectivity index (χ0) is 12.0. The van der Waals surface area contributed by atoms with E-state index >= 15 is 0 Å². The summed E-state index contributed by atoms with van der Waals surface area (Å²) in [4.78, 5) is 15.6. The van der Waals surface area contributed by atoms with Crippen molar-refractivity contribution in [1.82, 2.24) is 10.3 Å². The number of hydrogen-bond donors (Lipinski definition) is 2. The van der Waals surface area contributed by atoms with Gasteiger partial charge in [-0.05, 0) is 31.9 Å². The zero-order valence-corrected chi connectivity index (χ0v) is 9.87. The van der Waals surface area contributed by atoms with Crippen molar-refractivity contribution in [2.75, 3.05) is 6.61 Å². The highest BCUT2D eigenvalue weighted by Gasteiger charge is 2.10. The summed E-state index contributed by atoms with van der Waals surface area (Å²) in [6.45, 7) is 2.02. The first-order valence-electron chi connectivity index (χ1n) is 5.16. The van der Waals surface area contributed by atoms with E-state index in [0.717, 1.165) is 6.42 Å². The molecule has 0 radical (unpaired) electrons. The molecular weight excluding hydrogens is 228 g/mol. The maximum absolute atomic E-state index is 11.7. The minimum atomic E-state index is -0.243. The third-order valence-corrected chi connectivity index (χ3v) is 2.36. The van der Waals surface area contributed by atoms with Gasteiger partial charge >= 0.3 is 0 Å². The molecule has 0 spiro atoms. The Morgan fingerprint density at radius 3 is 3.06 bits per heavy atom. The number of pyridine rings is 1. The normalized spacial score (nSPS) is 12.2. The molecule has 1 heterocycles. The predicted molar refractivity (Wildman–Crippen MR) is 62.5 cm³/mol. The van der Waals surface area contributed by atoms with Crippen LogP contribution in [0.4, 0.5) is 0 Å². The Bertz CT molecular complexity index is 358. The lowest BCUT2D eigenvalue weighted by atomic mass is 10.2. The fourth-order valence-corrected chi connectivity index (χ4v) is 1.46. The molecule has 5 heteroatoms. The molecular formula is C11H15ClN2O2. The summed E-state index contributed by atoms with van der Waals surface area (Å²) in [6, 6.07) is 3.16. The Hall–Kier alpha value is -1.13. The summed E-state index contributed by atoms with van der Waals surface area (Å²) in [5, 5.41) is 11.9. The minimum absolute atomic E-state index is 0.0143. The van der Waals surface area contributed by atoms with Crippen molar-refractivity contribution < 1.29 is 9.90 Å². The number of hydrogen-bond acceptors (Lipinski definition) is 3. The second-order valence-corrected chi connectivity index (χ2v) is 4.04. The number of aliphatic hydroxyl groups excluding tert-OH is 1. The summed E-state index contributed by atoms with van der Waals surface area (Å²) in [6.07, 6.45) is 2.91. The summed E-state index contributed by atoms with van der Waals surface area (Å²) < 4.78 is 0. The van der Waals surface area contributed by atoms with Crippen LogP contribution >= 0.6 is 11.6 Å². The molecule has 88 valence electrons. The van der Waals surface area contributed by atoms with Gasteiger partial charge in [-0.25, -0.2) is 0 Å². The number of rotatable bonds is 5. The maximum Gasteiger partial charge on any atom is 0.270 e. The molecule has 0 saturated heterocycles. The predicted octanol–water partition coefficient (Wildman–Crippen LogP) is 1.63. The molecule has 1 aromatic rings. The summed E-state index contributed by atoms with van der Waals surface area (Å²) in [7, 11) is 0. The quantitative estimate of drug-likeness (QED) is 0.825. The summed E-state index contributed by atoms with van der Waals surface area (Å²) in [5.74, 6) is -0.243. The van der Waals surface area contributed by atoms with Gasteiger partial charge in [-0.2, -0.15) is 0 Å². The van der Waals surface area contributed by atoms with Gasteiger partial charge in [0.15, 0.2) is 0 Å². The van der Waals surface area contributed by atoms with Gasteiger partial charge in [-0.3, -0.25) is 9.78 Å². The number of amides is 1. The first-order chi connectivity index (χ1) is 7.63. The van der Waals surface area contributed by atoms with Crippen LogP contribution in [0, 0.1) is 0 Å². The molecule has 1 atom stereocenters. The van der Waals surface area contributed by atoms with E-state index in [4.69, 9.17) is 16.7 Å². The fraction of sp³-hybridized carbons (Fsp3) is 0.455. The van der Waals surface area contributed by atoms with Crippen molar-refractivity contribution in [3.8, 4) is 0 Å². The lowest BCUT2D eigenvalue weighted by Gasteiger charge is -2.12. The molecule has 0 aromatic carbocycles. The Balaban J connectivity index is 2.52. The lowest BCUT2D eigenvalue weighted by molar-refractivity contribution is 0.0931. The molecule has 0 fully saturated rings. The SMILES string of the molecule is CC(CCCO)NC(=O)c1cc(Cl)ccn1. The zero-order valence-electron chi connectivity index (χ0n) is 9.11. The Morgan fingerprint density at radius 2 is 2.44 bits per heavy atom. The van der Waals surface area contributed by atoms with Crippen LogP contribution in [0.2, 0.25) is 5.02 Å². The van der Waals surface area contributed by atoms with Gasteiger partial charge < -0.3 is 10.4 Å². The van der Waals surface area contributed by atoms with E-state index in [1.54, 1.807) is 6.07 Å². The van der Waals surface area contributed by atoms with E-state index in [-0.39, 0.29) is 18.6 Å². The van der Waals surface area contributed by atoms with Gasteiger partial charge in [-0.15, -0.1) is 0 Å². The minimum Gasteiger partial charge on any atom is -0.396 e. The molecule has 1 amide bonds. The number of carbonyl (C=O) groups is 1.